The molecule has 0 saturated heterocycles. The summed E-state index contributed by atoms with van der Waals surface area (Å²) < 4.78 is 10.9. The fourth-order valence-electron chi connectivity index (χ4n) is 5.17. The highest BCUT2D eigenvalue weighted by Gasteiger charge is 2.32. The Kier molecular flexibility index (Phi) is 7.91. The summed E-state index contributed by atoms with van der Waals surface area (Å²) in [7, 11) is 3.42. The van der Waals surface area contributed by atoms with E-state index in [2.05, 4.69) is 66.7 Å². The van der Waals surface area contributed by atoms with Crippen molar-refractivity contribution in [3.8, 4) is 11.5 Å². The van der Waals surface area contributed by atoms with Crippen molar-refractivity contribution >= 4 is 12.0 Å². The lowest BCUT2D eigenvalue weighted by molar-refractivity contribution is -0.125. The van der Waals surface area contributed by atoms with E-state index in [0.29, 0.717) is 5.92 Å². The van der Waals surface area contributed by atoms with E-state index in [-0.39, 0.29) is 11.8 Å². The van der Waals surface area contributed by atoms with Gasteiger partial charge in [-0.1, -0.05) is 42.5 Å². The Morgan fingerprint density at radius 3 is 2.14 bits per heavy atom. The molecule has 4 rings (SSSR count). The van der Waals surface area contributed by atoms with Crippen LogP contribution in [0.3, 0.4) is 0 Å². The van der Waals surface area contributed by atoms with Crippen LogP contribution in [-0.2, 0) is 11.2 Å². The van der Waals surface area contributed by atoms with Gasteiger partial charge in [0.15, 0.2) is 0 Å². The molecule has 1 aliphatic rings. The molecule has 182 valence electrons. The molecule has 0 radical (unpaired) electrons. The van der Waals surface area contributed by atoms with Crippen LogP contribution in [-0.4, -0.2) is 38.1 Å². The summed E-state index contributed by atoms with van der Waals surface area (Å²) in [6.07, 6.45) is 5.67. The van der Waals surface area contributed by atoms with Crippen LogP contribution in [0.1, 0.15) is 59.9 Å². The molecule has 1 amide bonds. The van der Waals surface area contributed by atoms with Crippen LogP contribution >= 0.6 is 0 Å². The molecule has 0 saturated carbocycles. The molecule has 0 N–H and O–H groups in total. The Morgan fingerprint density at radius 1 is 0.886 bits per heavy atom. The Morgan fingerprint density at radius 2 is 1.51 bits per heavy atom. The fraction of sp³-hybridized carbons (Fsp3) is 0.323. The highest BCUT2D eigenvalue weighted by molar-refractivity contribution is 5.91. The number of aryl methyl sites for hydroxylation is 1. The smallest absolute Gasteiger partial charge is 0.246 e. The van der Waals surface area contributed by atoms with E-state index in [1.54, 1.807) is 20.3 Å². The van der Waals surface area contributed by atoms with Gasteiger partial charge < -0.3 is 14.4 Å². The van der Waals surface area contributed by atoms with Crippen molar-refractivity contribution in [2.45, 2.75) is 38.5 Å². The van der Waals surface area contributed by atoms with Crippen LogP contribution in [0.15, 0.2) is 72.8 Å². The van der Waals surface area contributed by atoms with E-state index in [9.17, 15) is 4.79 Å². The minimum Gasteiger partial charge on any atom is -0.497 e. The molecule has 0 aromatic heterocycles. The molecular formula is C31H35NO3. The molecule has 0 bridgehead atoms. The predicted octanol–water partition coefficient (Wildman–Crippen LogP) is 6.45. The van der Waals surface area contributed by atoms with Crippen LogP contribution in [0, 0.1) is 0 Å². The SMILES string of the molecule is CCN(CC)C(=O)/C=C\c1ccc(C2c3ccc(OC)cc3CCC2c2ccc(OC)cc2)cc1. The zero-order valence-corrected chi connectivity index (χ0v) is 21.2. The van der Waals surface area contributed by atoms with E-state index in [1.807, 2.05) is 24.8 Å². The van der Waals surface area contributed by atoms with E-state index < -0.39 is 0 Å². The van der Waals surface area contributed by atoms with Gasteiger partial charge in [-0.2, -0.15) is 0 Å². The Bertz CT molecular complexity index is 1160. The maximum Gasteiger partial charge on any atom is 0.246 e. The summed E-state index contributed by atoms with van der Waals surface area (Å²) in [6, 6.07) is 23.6. The molecule has 1 aliphatic carbocycles. The molecule has 0 spiro atoms. The molecule has 3 aromatic carbocycles. The van der Waals surface area contributed by atoms with Crippen LogP contribution in [0.4, 0.5) is 0 Å². The van der Waals surface area contributed by atoms with Gasteiger partial charge in [0.25, 0.3) is 0 Å². The van der Waals surface area contributed by atoms with Crippen molar-refractivity contribution in [3.63, 3.8) is 0 Å². The molecule has 3 aromatic rings. The van der Waals surface area contributed by atoms with Crippen molar-refractivity contribution in [1.82, 2.24) is 4.90 Å². The van der Waals surface area contributed by atoms with E-state index in [4.69, 9.17) is 9.47 Å². The van der Waals surface area contributed by atoms with Gasteiger partial charge in [0.2, 0.25) is 5.91 Å². The van der Waals surface area contributed by atoms with Gasteiger partial charge in [-0.3, -0.25) is 4.79 Å². The summed E-state index contributed by atoms with van der Waals surface area (Å²) in [5, 5.41) is 0. The minimum atomic E-state index is 0.0498. The topological polar surface area (TPSA) is 38.8 Å². The van der Waals surface area contributed by atoms with Crippen molar-refractivity contribution in [2.75, 3.05) is 27.3 Å². The first-order chi connectivity index (χ1) is 17.1. The lowest BCUT2D eigenvalue weighted by Gasteiger charge is -2.35. The van der Waals surface area contributed by atoms with Gasteiger partial charge in [-0.15, -0.1) is 0 Å². The van der Waals surface area contributed by atoms with Gasteiger partial charge in [-0.25, -0.2) is 0 Å². The number of carbonyl (C=O) groups excluding carboxylic acids is 1. The maximum atomic E-state index is 12.3. The molecule has 4 nitrogen and oxygen atoms in total. The second-order valence-electron chi connectivity index (χ2n) is 8.97. The molecule has 0 fully saturated rings. The monoisotopic (exact) mass is 469 g/mol. The molecule has 0 heterocycles. The van der Waals surface area contributed by atoms with Crippen LogP contribution in [0.25, 0.3) is 6.08 Å². The second-order valence-corrected chi connectivity index (χ2v) is 8.97. The molecule has 2 atom stereocenters. The van der Waals surface area contributed by atoms with Crippen LogP contribution in [0.5, 0.6) is 11.5 Å². The van der Waals surface area contributed by atoms with E-state index >= 15 is 0 Å². The zero-order chi connectivity index (χ0) is 24.8. The summed E-state index contributed by atoms with van der Waals surface area (Å²) in [6.45, 7) is 5.44. The highest BCUT2D eigenvalue weighted by atomic mass is 16.5. The van der Waals surface area contributed by atoms with Crippen LogP contribution in [0.2, 0.25) is 0 Å². The number of benzene rings is 3. The number of rotatable bonds is 8. The van der Waals surface area contributed by atoms with Gasteiger partial charge >= 0.3 is 0 Å². The molecule has 35 heavy (non-hydrogen) atoms. The third kappa shape index (κ3) is 5.43. The number of hydrogen-bond donors (Lipinski definition) is 0. The predicted molar refractivity (Wildman–Crippen MR) is 142 cm³/mol. The zero-order valence-electron chi connectivity index (χ0n) is 21.2. The maximum absolute atomic E-state index is 12.3. The summed E-state index contributed by atoms with van der Waals surface area (Å²) in [4.78, 5) is 14.2. The number of carbonyl (C=O) groups is 1. The molecule has 0 aliphatic heterocycles. The fourth-order valence-corrected chi connectivity index (χ4v) is 5.17. The lowest BCUT2D eigenvalue weighted by atomic mass is 9.69. The molecule has 4 heteroatoms. The standard InChI is InChI=1S/C31H35NO3/c1-5-32(6-2)30(33)20-9-22-7-10-24(11-8-22)31-28(23-12-15-26(34-3)16-13-23)18-14-25-21-27(35-4)17-19-29(25)31/h7-13,15-17,19-21,28,31H,5-6,14,18H2,1-4H3/b20-9-. The van der Waals surface area contributed by atoms with Gasteiger partial charge in [0.05, 0.1) is 14.2 Å². The first-order valence-electron chi connectivity index (χ1n) is 12.5. The number of hydrogen-bond acceptors (Lipinski definition) is 3. The van der Waals surface area contributed by atoms with Crippen molar-refractivity contribution in [1.29, 1.82) is 0 Å². The quantitative estimate of drug-likeness (QED) is 0.356. The second kappa shape index (κ2) is 11.3. The van der Waals surface area contributed by atoms with E-state index in [1.165, 1.54) is 22.3 Å². The van der Waals surface area contributed by atoms with Gasteiger partial charge in [-0.05, 0) is 90.8 Å². The summed E-state index contributed by atoms with van der Waals surface area (Å²) in [5.74, 6) is 2.44. The van der Waals surface area contributed by atoms with E-state index in [0.717, 1.165) is 43.0 Å². The Labute approximate surface area is 209 Å². The van der Waals surface area contributed by atoms with Gasteiger partial charge in [0.1, 0.15) is 11.5 Å². The summed E-state index contributed by atoms with van der Waals surface area (Å²) in [5.41, 5.74) is 6.35. The normalized spacial score (nSPS) is 17.1. The minimum absolute atomic E-state index is 0.0498. The lowest BCUT2D eigenvalue weighted by Crippen LogP contribution is -2.28. The highest BCUT2D eigenvalue weighted by Crippen LogP contribution is 2.47. The first kappa shape index (κ1) is 24.6. The number of methoxy groups -OCH3 is 2. The third-order valence-electron chi connectivity index (χ3n) is 7.15. The number of likely N-dealkylation sites (N-methyl/N-ethyl adjacent to an activating group) is 1. The average Bonchev–Trinajstić information content (AvgIpc) is 2.92. The van der Waals surface area contributed by atoms with Crippen molar-refractivity contribution < 1.29 is 14.3 Å². The molecular weight excluding hydrogens is 434 g/mol. The average molecular weight is 470 g/mol. The first-order valence-corrected chi connectivity index (χ1v) is 12.5. The third-order valence-corrected chi connectivity index (χ3v) is 7.15. The largest absolute Gasteiger partial charge is 0.497 e. The Hall–Kier alpha value is -3.53. The summed E-state index contributed by atoms with van der Waals surface area (Å²) >= 11 is 0. The van der Waals surface area contributed by atoms with Crippen molar-refractivity contribution in [2.24, 2.45) is 0 Å². The number of ether oxygens (including phenoxy) is 2. The number of nitrogens with zero attached hydrogens (tertiary/aromatic N) is 1. The van der Waals surface area contributed by atoms with Crippen LogP contribution < -0.4 is 9.47 Å². The van der Waals surface area contributed by atoms with Gasteiger partial charge in [0, 0.05) is 25.1 Å². The van der Waals surface area contributed by atoms with Crippen molar-refractivity contribution in [3.05, 3.63) is 101 Å². The Balaban J connectivity index is 1.67. The molecule has 2 unspecified atom stereocenters. The number of fused-ring (bicyclic) bond motifs is 1. The number of amides is 1.